The molecule has 2 N–H and O–H groups in total. The van der Waals surface area contributed by atoms with Crippen LogP contribution >= 0.6 is 0 Å². The van der Waals surface area contributed by atoms with Gasteiger partial charge in [0, 0.05) is 32.7 Å². The zero-order valence-corrected chi connectivity index (χ0v) is 23.3. The molecule has 0 unspecified atom stereocenters. The largest absolute Gasteiger partial charge is 0.504 e. The molecule has 0 aliphatic carbocycles. The van der Waals surface area contributed by atoms with E-state index < -0.39 is 0 Å². The third-order valence-electron chi connectivity index (χ3n) is 9.24. The molecule has 0 bridgehead atoms. The van der Waals surface area contributed by atoms with Crippen molar-refractivity contribution in [3.8, 4) is 22.6 Å². The first kappa shape index (κ1) is 23.6. The van der Waals surface area contributed by atoms with Gasteiger partial charge in [-0.1, -0.05) is 109 Å². The third kappa shape index (κ3) is 2.87. The lowest BCUT2D eigenvalue weighted by atomic mass is 9.88. The summed E-state index contributed by atoms with van der Waals surface area (Å²) in [6.07, 6.45) is 0. The molecule has 8 aromatic carbocycles. The Bertz CT molecular complexity index is 2650. The Morgan fingerprint density at radius 3 is 1.14 bits per heavy atom. The molecule has 0 fully saturated rings. The van der Waals surface area contributed by atoms with Crippen LogP contribution in [0.15, 0.2) is 130 Å². The zero-order valence-electron chi connectivity index (χ0n) is 23.3. The van der Waals surface area contributed by atoms with Crippen molar-refractivity contribution in [3.63, 3.8) is 0 Å². The molecule has 0 aliphatic heterocycles. The molecule has 0 saturated carbocycles. The highest BCUT2D eigenvalue weighted by atomic mass is 16.4. The lowest BCUT2D eigenvalue weighted by Crippen LogP contribution is -1.89. The maximum absolute atomic E-state index is 12.2. The Kier molecular flexibility index (Phi) is 4.44. The van der Waals surface area contributed by atoms with E-state index in [1.807, 2.05) is 84.9 Å². The molecule has 0 amide bonds. The van der Waals surface area contributed by atoms with Crippen LogP contribution in [0.5, 0.6) is 11.5 Å². The monoisotopic (exact) mass is 566 g/mol. The third-order valence-corrected chi connectivity index (χ3v) is 9.24. The van der Waals surface area contributed by atoms with E-state index in [0.29, 0.717) is 33.5 Å². The minimum absolute atomic E-state index is 0.0136. The second kappa shape index (κ2) is 8.30. The Morgan fingerprint density at radius 1 is 0.341 bits per heavy atom. The first-order chi connectivity index (χ1) is 21.7. The van der Waals surface area contributed by atoms with Crippen molar-refractivity contribution in [2.75, 3.05) is 0 Å². The number of phenols is 2. The van der Waals surface area contributed by atoms with Crippen LogP contribution in [0, 0.1) is 0 Å². The van der Waals surface area contributed by atoms with Crippen molar-refractivity contribution in [1.29, 1.82) is 0 Å². The van der Waals surface area contributed by atoms with Gasteiger partial charge < -0.3 is 19.0 Å². The summed E-state index contributed by atoms with van der Waals surface area (Å²) in [6.45, 7) is 0. The summed E-state index contributed by atoms with van der Waals surface area (Å²) in [5.74, 6) is -0.0271. The van der Waals surface area contributed by atoms with Gasteiger partial charge in [-0.25, -0.2) is 0 Å². The lowest BCUT2D eigenvalue weighted by Gasteiger charge is -2.16. The summed E-state index contributed by atoms with van der Waals surface area (Å²) in [6, 6.07) is 40.5. The highest BCUT2D eigenvalue weighted by molar-refractivity contribution is 6.34. The molecule has 10 rings (SSSR count). The second-order valence-corrected chi connectivity index (χ2v) is 11.5. The molecule has 206 valence electrons. The van der Waals surface area contributed by atoms with E-state index in [0.717, 1.165) is 64.6 Å². The SMILES string of the molecule is Oc1c(-c2c(O)c3oc4ccc5ccccc5c4c3c3ccccc23)c2ccccc2c2c1oc1ccc3ccccc3c12. The maximum Gasteiger partial charge on any atom is 0.178 e. The standard InChI is InChI=1S/C40H22O4/c41-37-33(25-13-5-7-15-27(25)35-31-23-11-3-1-9-21(23)17-19-29(31)43-39(35)37)34-26-14-6-8-16-28(26)36-32-24-12-4-2-10-22(24)18-20-30(32)44-40(36)38(34)42/h1-20,41-42H. The summed E-state index contributed by atoms with van der Waals surface area (Å²) < 4.78 is 12.9. The van der Waals surface area contributed by atoms with Crippen LogP contribution in [0.1, 0.15) is 0 Å². The van der Waals surface area contributed by atoms with Crippen LogP contribution < -0.4 is 0 Å². The molecule has 2 heterocycles. The van der Waals surface area contributed by atoms with Crippen molar-refractivity contribution in [2.24, 2.45) is 0 Å². The highest BCUT2D eigenvalue weighted by Crippen LogP contribution is 2.54. The normalized spacial score (nSPS) is 12.3. The van der Waals surface area contributed by atoms with Gasteiger partial charge in [0.2, 0.25) is 0 Å². The number of furan rings is 2. The van der Waals surface area contributed by atoms with Crippen LogP contribution in [0.3, 0.4) is 0 Å². The number of hydrogen-bond acceptors (Lipinski definition) is 4. The van der Waals surface area contributed by atoms with Gasteiger partial charge in [0.1, 0.15) is 11.2 Å². The van der Waals surface area contributed by atoms with Crippen LogP contribution in [0.25, 0.3) is 98.1 Å². The number of aromatic hydroxyl groups is 2. The predicted molar refractivity (Wildman–Crippen MR) is 180 cm³/mol. The molecule has 0 aliphatic rings. The fourth-order valence-electron chi connectivity index (χ4n) is 7.41. The van der Waals surface area contributed by atoms with Crippen molar-refractivity contribution >= 4 is 87.0 Å². The van der Waals surface area contributed by atoms with E-state index >= 15 is 0 Å². The number of phenolic OH excluding ortho intramolecular Hbond substituents is 2. The van der Waals surface area contributed by atoms with Crippen LogP contribution in [-0.2, 0) is 0 Å². The average molecular weight is 567 g/mol. The molecule has 44 heavy (non-hydrogen) atoms. The minimum Gasteiger partial charge on any atom is -0.504 e. The molecule has 10 aromatic rings. The maximum atomic E-state index is 12.2. The Balaban J connectivity index is 1.43. The van der Waals surface area contributed by atoms with Gasteiger partial charge in [0.25, 0.3) is 0 Å². The Hall–Kier alpha value is -6.00. The van der Waals surface area contributed by atoms with Gasteiger partial charge in [-0.05, 0) is 55.2 Å². The van der Waals surface area contributed by atoms with Crippen LogP contribution in [-0.4, -0.2) is 10.2 Å². The molecule has 2 aromatic heterocycles. The van der Waals surface area contributed by atoms with E-state index in [4.69, 9.17) is 8.83 Å². The van der Waals surface area contributed by atoms with Gasteiger partial charge >= 0.3 is 0 Å². The number of rotatable bonds is 1. The average Bonchev–Trinajstić information content (AvgIpc) is 3.67. The molecule has 4 heteroatoms. The fraction of sp³-hybridized carbons (Fsp3) is 0. The second-order valence-electron chi connectivity index (χ2n) is 11.5. The summed E-state index contributed by atoms with van der Waals surface area (Å²) in [7, 11) is 0. The molecule has 4 nitrogen and oxygen atoms in total. The molecular formula is C40H22O4. The van der Waals surface area contributed by atoms with E-state index in [1.54, 1.807) is 0 Å². The quantitative estimate of drug-likeness (QED) is 0.207. The summed E-state index contributed by atoms with van der Waals surface area (Å²) >= 11 is 0. The number of fused-ring (bicyclic) bond motifs is 14. The molecule has 0 spiro atoms. The van der Waals surface area contributed by atoms with E-state index in [-0.39, 0.29) is 11.5 Å². The first-order valence-corrected chi connectivity index (χ1v) is 14.6. The summed E-state index contributed by atoms with van der Waals surface area (Å²) in [4.78, 5) is 0. The smallest absolute Gasteiger partial charge is 0.178 e. The predicted octanol–water partition coefficient (Wildman–Crippen LogP) is 11.2. The van der Waals surface area contributed by atoms with Gasteiger partial charge in [0.15, 0.2) is 22.7 Å². The van der Waals surface area contributed by atoms with Crippen molar-refractivity contribution in [2.45, 2.75) is 0 Å². The first-order valence-electron chi connectivity index (χ1n) is 14.6. The van der Waals surface area contributed by atoms with E-state index in [9.17, 15) is 10.2 Å². The van der Waals surface area contributed by atoms with Crippen LogP contribution in [0.2, 0.25) is 0 Å². The van der Waals surface area contributed by atoms with Crippen LogP contribution in [0.4, 0.5) is 0 Å². The minimum atomic E-state index is -0.0136. The fourth-order valence-corrected chi connectivity index (χ4v) is 7.41. The van der Waals surface area contributed by atoms with Gasteiger partial charge in [-0.2, -0.15) is 0 Å². The zero-order chi connectivity index (χ0) is 29.1. The molecular weight excluding hydrogens is 544 g/mol. The van der Waals surface area contributed by atoms with Gasteiger partial charge in [-0.15, -0.1) is 0 Å². The lowest BCUT2D eigenvalue weighted by molar-refractivity contribution is 0.464. The number of benzene rings is 8. The van der Waals surface area contributed by atoms with Crippen molar-refractivity contribution in [1.82, 2.24) is 0 Å². The Labute approximate surface area is 249 Å². The molecule has 0 radical (unpaired) electrons. The van der Waals surface area contributed by atoms with Gasteiger partial charge in [-0.3, -0.25) is 0 Å². The Morgan fingerprint density at radius 2 is 0.705 bits per heavy atom. The topological polar surface area (TPSA) is 66.7 Å². The summed E-state index contributed by atoms with van der Waals surface area (Å²) in [5, 5.41) is 35.8. The highest BCUT2D eigenvalue weighted by Gasteiger charge is 2.28. The van der Waals surface area contributed by atoms with E-state index in [2.05, 4.69) is 36.4 Å². The summed E-state index contributed by atoms with van der Waals surface area (Å²) in [5.41, 5.74) is 3.21. The molecule has 0 atom stereocenters. The van der Waals surface area contributed by atoms with Gasteiger partial charge in [0.05, 0.1) is 0 Å². The van der Waals surface area contributed by atoms with Crippen molar-refractivity contribution < 1.29 is 19.0 Å². The number of hydrogen-bond donors (Lipinski definition) is 2. The van der Waals surface area contributed by atoms with Crippen molar-refractivity contribution in [3.05, 3.63) is 121 Å². The molecule has 0 saturated heterocycles. The van der Waals surface area contributed by atoms with E-state index in [1.165, 1.54) is 0 Å².